The molecule has 0 bridgehead atoms. The van der Waals surface area contributed by atoms with E-state index < -0.39 is 30.9 Å². The van der Waals surface area contributed by atoms with Gasteiger partial charge < -0.3 is 15.4 Å². The highest BCUT2D eigenvalue weighted by molar-refractivity contribution is 6.36. The minimum atomic E-state index is -0.748. The van der Waals surface area contributed by atoms with Crippen molar-refractivity contribution in [2.45, 2.75) is 6.92 Å². The van der Waals surface area contributed by atoms with Gasteiger partial charge in [0.25, 0.3) is 11.8 Å². The standard InChI is InChI=1S/C18H16Cl2N2O4/c1-11-2-5-13(6-3-11)22-16(23)10-26-17(24)9-21-18(25)14-7-4-12(19)8-15(14)20/h2-8H,9-10H2,1H3,(H,21,25)(H,22,23). The van der Waals surface area contributed by atoms with E-state index in [4.69, 9.17) is 27.9 Å². The number of nitrogens with one attached hydrogen (secondary N) is 2. The molecule has 2 N–H and O–H groups in total. The number of esters is 1. The van der Waals surface area contributed by atoms with E-state index in [0.717, 1.165) is 5.56 Å². The maximum absolute atomic E-state index is 12.0. The number of carbonyl (C=O) groups is 3. The van der Waals surface area contributed by atoms with Crippen molar-refractivity contribution in [2.24, 2.45) is 0 Å². The van der Waals surface area contributed by atoms with Crippen molar-refractivity contribution >= 4 is 46.7 Å². The summed E-state index contributed by atoms with van der Waals surface area (Å²) in [5.41, 5.74) is 1.84. The number of ether oxygens (including phenoxy) is 1. The number of amides is 2. The average molecular weight is 395 g/mol. The predicted octanol–water partition coefficient (Wildman–Crippen LogP) is 3.21. The van der Waals surface area contributed by atoms with Gasteiger partial charge in [0.2, 0.25) is 0 Å². The van der Waals surface area contributed by atoms with E-state index in [1.165, 1.54) is 18.2 Å². The Morgan fingerprint density at radius 2 is 1.73 bits per heavy atom. The molecule has 0 aliphatic heterocycles. The van der Waals surface area contributed by atoms with Crippen LogP contribution in [0.15, 0.2) is 42.5 Å². The quantitative estimate of drug-likeness (QED) is 0.736. The summed E-state index contributed by atoms with van der Waals surface area (Å²) in [6.07, 6.45) is 0. The molecule has 0 aromatic heterocycles. The Kier molecular flexibility index (Phi) is 7.00. The van der Waals surface area contributed by atoms with E-state index in [1.807, 2.05) is 19.1 Å². The summed E-state index contributed by atoms with van der Waals surface area (Å²) in [7, 11) is 0. The molecule has 2 aromatic rings. The maximum Gasteiger partial charge on any atom is 0.325 e. The molecule has 26 heavy (non-hydrogen) atoms. The monoisotopic (exact) mass is 394 g/mol. The molecule has 8 heteroatoms. The zero-order chi connectivity index (χ0) is 19.1. The molecular weight excluding hydrogens is 379 g/mol. The topological polar surface area (TPSA) is 84.5 Å². The Bertz CT molecular complexity index is 822. The zero-order valence-electron chi connectivity index (χ0n) is 13.8. The maximum atomic E-state index is 12.0. The molecule has 0 heterocycles. The van der Waals surface area contributed by atoms with Crippen molar-refractivity contribution in [3.05, 3.63) is 63.6 Å². The predicted molar refractivity (Wildman–Crippen MR) is 99.6 cm³/mol. The van der Waals surface area contributed by atoms with Crippen molar-refractivity contribution in [2.75, 3.05) is 18.5 Å². The molecule has 0 unspecified atom stereocenters. The Morgan fingerprint density at radius 3 is 2.38 bits per heavy atom. The molecule has 0 spiro atoms. The van der Waals surface area contributed by atoms with Crippen LogP contribution in [0, 0.1) is 6.92 Å². The number of aryl methyl sites for hydroxylation is 1. The molecule has 0 aliphatic carbocycles. The number of carbonyl (C=O) groups excluding carboxylic acids is 3. The van der Waals surface area contributed by atoms with Gasteiger partial charge in [0, 0.05) is 10.7 Å². The molecule has 136 valence electrons. The fourth-order valence-electron chi connectivity index (χ4n) is 1.95. The highest BCUT2D eigenvalue weighted by Crippen LogP contribution is 2.20. The van der Waals surface area contributed by atoms with Crippen LogP contribution in [0.1, 0.15) is 15.9 Å². The van der Waals surface area contributed by atoms with Crippen LogP contribution in [0.25, 0.3) is 0 Å². The first kappa shape index (κ1) is 19.8. The SMILES string of the molecule is Cc1ccc(NC(=O)COC(=O)CNC(=O)c2ccc(Cl)cc2Cl)cc1. The van der Waals surface area contributed by atoms with Crippen LogP contribution in [-0.4, -0.2) is 30.9 Å². The van der Waals surface area contributed by atoms with Crippen molar-refractivity contribution in [3.63, 3.8) is 0 Å². The molecule has 0 saturated carbocycles. The fraction of sp³-hybridized carbons (Fsp3) is 0.167. The molecule has 2 rings (SSSR count). The van der Waals surface area contributed by atoms with Crippen molar-refractivity contribution < 1.29 is 19.1 Å². The van der Waals surface area contributed by atoms with Gasteiger partial charge in [-0.25, -0.2) is 0 Å². The van der Waals surface area contributed by atoms with Crippen LogP contribution in [-0.2, 0) is 14.3 Å². The lowest BCUT2D eigenvalue weighted by atomic mass is 10.2. The number of rotatable bonds is 6. The van der Waals surface area contributed by atoms with Gasteiger partial charge in [-0.15, -0.1) is 0 Å². The number of anilines is 1. The number of hydrogen-bond donors (Lipinski definition) is 2. The van der Waals surface area contributed by atoms with Crippen LogP contribution in [0.5, 0.6) is 0 Å². The summed E-state index contributed by atoms with van der Waals surface area (Å²) < 4.78 is 4.82. The molecule has 0 aliphatic rings. The minimum Gasteiger partial charge on any atom is -0.454 e. The number of benzene rings is 2. The molecule has 2 amide bonds. The van der Waals surface area contributed by atoms with Crippen molar-refractivity contribution in [3.8, 4) is 0 Å². The highest BCUT2D eigenvalue weighted by atomic mass is 35.5. The Balaban J connectivity index is 1.75. The van der Waals surface area contributed by atoms with Crippen LogP contribution in [0.4, 0.5) is 5.69 Å². The molecule has 0 radical (unpaired) electrons. The van der Waals surface area contributed by atoms with Crippen molar-refractivity contribution in [1.82, 2.24) is 5.32 Å². The summed E-state index contributed by atoms with van der Waals surface area (Å²) in [6, 6.07) is 11.6. The van der Waals surface area contributed by atoms with Gasteiger partial charge in [-0.2, -0.15) is 0 Å². The second-order valence-corrected chi connectivity index (χ2v) is 6.23. The minimum absolute atomic E-state index is 0.167. The first-order valence-electron chi connectivity index (χ1n) is 7.60. The van der Waals surface area contributed by atoms with E-state index in [0.29, 0.717) is 10.7 Å². The lowest BCUT2D eigenvalue weighted by Gasteiger charge is -2.08. The second-order valence-electron chi connectivity index (χ2n) is 5.38. The van der Waals surface area contributed by atoms with E-state index in [2.05, 4.69) is 10.6 Å². The van der Waals surface area contributed by atoms with Gasteiger partial charge in [-0.3, -0.25) is 14.4 Å². The largest absolute Gasteiger partial charge is 0.454 e. The van der Waals surface area contributed by atoms with E-state index in [1.54, 1.807) is 12.1 Å². The number of halogens is 2. The van der Waals surface area contributed by atoms with E-state index >= 15 is 0 Å². The smallest absolute Gasteiger partial charge is 0.325 e. The molecule has 0 fully saturated rings. The summed E-state index contributed by atoms with van der Waals surface area (Å²) in [6.45, 7) is 1.08. The van der Waals surface area contributed by atoms with Gasteiger partial charge in [0.1, 0.15) is 6.54 Å². The average Bonchev–Trinajstić information content (AvgIpc) is 2.60. The molecule has 0 atom stereocenters. The van der Waals surface area contributed by atoms with E-state index in [9.17, 15) is 14.4 Å². The third-order valence-electron chi connectivity index (χ3n) is 3.27. The third-order valence-corrected chi connectivity index (χ3v) is 3.82. The summed E-state index contributed by atoms with van der Waals surface area (Å²) in [5, 5.41) is 5.52. The van der Waals surface area contributed by atoms with Gasteiger partial charge >= 0.3 is 5.97 Å². The van der Waals surface area contributed by atoms with Crippen LogP contribution in [0.2, 0.25) is 10.0 Å². The summed E-state index contributed by atoms with van der Waals surface area (Å²) in [4.78, 5) is 35.3. The van der Waals surface area contributed by atoms with Crippen molar-refractivity contribution in [1.29, 1.82) is 0 Å². The highest BCUT2D eigenvalue weighted by Gasteiger charge is 2.13. The fourth-order valence-corrected chi connectivity index (χ4v) is 2.45. The molecule has 6 nitrogen and oxygen atoms in total. The normalized spacial score (nSPS) is 10.1. The Hall–Kier alpha value is -2.57. The Morgan fingerprint density at radius 1 is 1.04 bits per heavy atom. The lowest BCUT2D eigenvalue weighted by molar-refractivity contribution is -0.146. The third kappa shape index (κ3) is 6.06. The molecular formula is C18H16Cl2N2O4. The Labute approximate surface area is 160 Å². The lowest BCUT2D eigenvalue weighted by Crippen LogP contribution is -2.32. The van der Waals surface area contributed by atoms with Gasteiger partial charge in [0.15, 0.2) is 6.61 Å². The van der Waals surface area contributed by atoms with Gasteiger partial charge in [-0.1, -0.05) is 40.9 Å². The van der Waals surface area contributed by atoms with Gasteiger partial charge in [0.05, 0.1) is 10.6 Å². The molecule has 0 saturated heterocycles. The second kappa shape index (κ2) is 9.22. The molecule has 2 aromatic carbocycles. The van der Waals surface area contributed by atoms with Gasteiger partial charge in [-0.05, 0) is 37.3 Å². The first-order valence-corrected chi connectivity index (χ1v) is 8.36. The van der Waals surface area contributed by atoms with Crippen LogP contribution < -0.4 is 10.6 Å². The summed E-state index contributed by atoms with van der Waals surface area (Å²) in [5.74, 6) is -1.77. The van der Waals surface area contributed by atoms with Crippen LogP contribution >= 0.6 is 23.2 Å². The summed E-state index contributed by atoms with van der Waals surface area (Å²) >= 11 is 11.7. The first-order chi connectivity index (χ1) is 12.3. The van der Waals surface area contributed by atoms with E-state index in [-0.39, 0.29) is 10.6 Å². The number of hydrogen-bond acceptors (Lipinski definition) is 4. The zero-order valence-corrected chi connectivity index (χ0v) is 15.4. The van der Waals surface area contributed by atoms with Crippen LogP contribution in [0.3, 0.4) is 0 Å².